The number of carbonyl (C=O) groups is 1. The largest absolute Gasteiger partial charge is 0.466 e. The van der Waals surface area contributed by atoms with Crippen LogP contribution in [0.4, 0.5) is 24.5 Å². The van der Waals surface area contributed by atoms with Crippen LogP contribution in [0.2, 0.25) is 0 Å². The molecule has 1 aromatic carbocycles. The zero-order valence-electron chi connectivity index (χ0n) is 27.9. The van der Waals surface area contributed by atoms with Gasteiger partial charge in [-0.15, -0.1) is 0 Å². The Balaban J connectivity index is 1.35. The van der Waals surface area contributed by atoms with Crippen molar-refractivity contribution in [3.63, 3.8) is 0 Å². The molecule has 0 atom stereocenters. The van der Waals surface area contributed by atoms with Gasteiger partial charge in [-0.25, -0.2) is 15.0 Å². The van der Waals surface area contributed by atoms with Gasteiger partial charge in [0.2, 0.25) is 0 Å². The third-order valence-corrected chi connectivity index (χ3v) is 9.75. The number of hydrogen-bond donors (Lipinski definition) is 1. The summed E-state index contributed by atoms with van der Waals surface area (Å²) < 4.78 is 52.5. The molecule has 13 heteroatoms. The molecular weight excluding hydrogens is 635 g/mol. The zero-order chi connectivity index (χ0) is 34.8. The lowest BCUT2D eigenvalue weighted by atomic mass is 9.86. The SMILES string of the molecule is CCOC(=O)C1CCN(c2ccc(-c3nc4nc(-c5cnc(C#N)c(C(F)(F)F)c5)cc(N(C)CC5(COC)CCCC5)c4[nH]3)cc2)CC1. The summed E-state index contributed by atoms with van der Waals surface area (Å²) >= 11 is 0. The summed E-state index contributed by atoms with van der Waals surface area (Å²) in [6.45, 7) is 4.99. The van der Waals surface area contributed by atoms with Gasteiger partial charge >= 0.3 is 12.1 Å². The number of halogens is 3. The predicted octanol–water partition coefficient (Wildman–Crippen LogP) is 7.00. The minimum Gasteiger partial charge on any atom is -0.466 e. The van der Waals surface area contributed by atoms with Crippen molar-refractivity contribution < 1.29 is 27.4 Å². The zero-order valence-corrected chi connectivity index (χ0v) is 27.9. The number of pyridine rings is 2. The molecule has 3 aromatic heterocycles. The Kier molecular flexibility index (Phi) is 9.79. The molecule has 49 heavy (non-hydrogen) atoms. The van der Waals surface area contributed by atoms with Crippen LogP contribution in [-0.4, -0.2) is 72.9 Å². The average molecular weight is 676 g/mol. The maximum absolute atomic E-state index is 13.9. The van der Waals surface area contributed by atoms with Gasteiger partial charge in [-0.1, -0.05) is 12.8 Å². The van der Waals surface area contributed by atoms with Crippen molar-refractivity contribution in [1.29, 1.82) is 5.26 Å². The number of H-pyrrole nitrogens is 1. The Morgan fingerprint density at radius 2 is 1.84 bits per heavy atom. The van der Waals surface area contributed by atoms with Gasteiger partial charge in [0.05, 0.1) is 36.1 Å². The highest BCUT2D eigenvalue weighted by Gasteiger charge is 2.37. The molecule has 4 aromatic rings. The Morgan fingerprint density at radius 3 is 2.47 bits per heavy atom. The first-order chi connectivity index (χ1) is 23.5. The maximum atomic E-state index is 13.9. The van der Waals surface area contributed by atoms with Crippen molar-refractivity contribution >= 4 is 28.5 Å². The standard InChI is InChI=1S/C36H40F3N7O3/c1-4-49-34(47)24-11-15-46(16-12-24)26-9-7-23(8-10-26)32-43-31-30(45(2)21-35(22-48-3)13-5-6-14-35)18-28(42-33(31)44-32)25-17-27(36(37,38)39)29(19-40)41-20-25/h7-10,17-18,20,24H,4-6,11-16,21-22H2,1-3H3,(H,42,43,44). The van der Waals surface area contributed by atoms with E-state index in [4.69, 9.17) is 19.4 Å². The molecule has 2 fully saturated rings. The second-order valence-corrected chi connectivity index (χ2v) is 13.1. The van der Waals surface area contributed by atoms with Gasteiger partial charge in [0.25, 0.3) is 0 Å². The number of imidazole rings is 1. The monoisotopic (exact) mass is 675 g/mol. The molecule has 0 bridgehead atoms. The number of methoxy groups -OCH3 is 1. The van der Waals surface area contributed by atoms with E-state index < -0.39 is 17.4 Å². The normalized spacial score (nSPS) is 16.6. The van der Waals surface area contributed by atoms with Crippen molar-refractivity contribution in [2.75, 3.05) is 56.8 Å². The van der Waals surface area contributed by atoms with Gasteiger partial charge in [0, 0.05) is 62.2 Å². The van der Waals surface area contributed by atoms with E-state index in [9.17, 15) is 23.2 Å². The fourth-order valence-corrected chi connectivity index (χ4v) is 7.30. The Bertz CT molecular complexity index is 1840. The van der Waals surface area contributed by atoms with Crippen molar-refractivity contribution in [3.05, 3.63) is 53.9 Å². The summed E-state index contributed by atoms with van der Waals surface area (Å²) in [7, 11) is 3.67. The molecule has 1 aliphatic carbocycles. The highest BCUT2D eigenvalue weighted by Crippen LogP contribution is 2.41. The van der Waals surface area contributed by atoms with Gasteiger partial charge < -0.3 is 24.3 Å². The number of esters is 1. The summed E-state index contributed by atoms with van der Waals surface area (Å²) in [5.41, 5.74) is 2.16. The first kappa shape index (κ1) is 34.2. The number of benzene rings is 1. The Hall–Kier alpha value is -4.70. The third-order valence-electron chi connectivity index (χ3n) is 9.75. The number of carbonyl (C=O) groups excluding carboxylic acids is 1. The summed E-state index contributed by atoms with van der Waals surface area (Å²) in [4.78, 5) is 33.3. The number of aromatic amines is 1. The number of nitriles is 1. The third kappa shape index (κ3) is 7.20. The molecule has 0 unspecified atom stereocenters. The van der Waals surface area contributed by atoms with Crippen molar-refractivity contribution in [2.45, 2.75) is 51.6 Å². The van der Waals surface area contributed by atoms with E-state index in [-0.39, 0.29) is 28.6 Å². The smallest absolute Gasteiger partial charge is 0.419 e. The molecule has 258 valence electrons. The number of nitrogens with zero attached hydrogens (tertiary/aromatic N) is 6. The number of hydrogen-bond acceptors (Lipinski definition) is 9. The van der Waals surface area contributed by atoms with Crippen molar-refractivity contribution in [1.82, 2.24) is 19.9 Å². The first-order valence-electron chi connectivity index (χ1n) is 16.6. The van der Waals surface area contributed by atoms with E-state index in [1.54, 1.807) is 19.2 Å². The fourth-order valence-electron chi connectivity index (χ4n) is 7.30. The second-order valence-electron chi connectivity index (χ2n) is 13.1. The van der Waals surface area contributed by atoms with Crippen LogP contribution >= 0.6 is 0 Å². The summed E-state index contributed by atoms with van der Waals surface area (Å²) in [6, 6.07) is 12.2. The quantitative estimate of drug-likeness (QED) is 0.177. The highest BCUT2D eigenvalue weighted by atomic mass is 19.4. The Morgan fingerprint density at radius 1 is 1.12 bits per heavy atom. The lowest BCUT2D eigenvalue weighted by Gasteiger charge is -2.34. The molecule has 1 saturated carbocycles. The number of nitrogens with one attached hydrogen (secondary N) is 1. The van der Waals surface area contributed by atoms with E-state index in [0.29, 0.717) is 36.7 Å². The molecule has 0 radical (unpaired) electrons. The first-order valence-corrected chi connectivity index (χ1v) is 16.6. The van der Waals surface area contributed by atoms with Gasteiger partial charge in [-0.2, -0.15) is 18.4 Å². The number of fused-ring (bicyclic) bond motifs is 1. The molecule has 6 rings (SSSR count). The minimum absolute atomic E-state index is 0.0534. The van der Waals surface area contributed by atoms with Crippen LogP contribution < -0.4 is 9.80 Å². The molecular formula is C36H40F3N7O3. The molecule has 0 spiro atoms. The molecule has 10 nitrogen and oxygen atoms in total. The van der Waals surface area contributed by atoms with Crippen LogP contribution in [0, 0.1) is 22.7 Å². The molecule has 2 aliphatic rings. The van der Waals surface area contributed by atoms with E-state index in [2.05, 4.69) is 19.8 Å². The highest BCUT2D eigenvalue weighted by molar-refractivity contribution is 5.91. The minimum atomic E-state index is -4.75. The number of anilines is 2. The molecule has 0 amide bonds. The molecule has 4 heterocycles. The molecule has 1 aliphatic heterocycles. The van der Waals surface area contributed by atoms with Gasteiger partial charge in [0.15, 0.2) is 11.3 Å². The van der Waals surface area contributed by atoms with Crippen LogP contribution in [0.3, 0.4) is 0 Å². The average Bonchev–Trinajstić information content (AvgIpc) is 3.75. The van der Waals surface area contributed by atoms with Crippen LogP contribution in [0.25, 0.3) is 33.8 Å². The second kappa shape index (κ2) is 14.0. The molecule has 1 N–H and O–H groups in total. The number of ether oxygens (including phenoxy) is 2. The summed E-state index contributed by atoms with van der Waals surface area (Å²) in [6.07, 6.45) is 2.21. The van der Waals surface area contributed by atoms with E-state index in [0.717, 1.165) is 74.6 Å². The predicted molar refractivity (Wildman–Crippen MR) is 180 cm³/mol. The van der Waals surface area contributed by atoms with Gasteiger partial charge in [-0.3, -0.25) is 4.79 Å². The molecule has 1 saturated heterocycles. The lowest BCUT2D eigenvalue weighted by Crippen LogP contribution is -2.37. The maximum Gasteiger partial charge on any atom is 0.419 e. The van der Waals surface area contributed by atoms with Crippen molar-refractivity contribution in [2.24, 2.45) is 11.3 Å². The van der Waals surface area contributed by atoms with Crippen LogP contribution in [0.15, 0.2) is 42.6 Å². The number of alkyl halides is 3. The van der Waals surface area contributed by atoms with Gasteiger partial charge in [0.1, 0.15) is 17.4 Å². The number of aromatic nitrogens is 4. The number of rotatable bonds is 10. The lowest BCUT2D eigenvalue weighted by molar-refractivity contribution is -0.148. The summed E-state index contributed by atoms with van der Waals surface area (Å²) in [5.74, 6) is 0.370. The fraction of sp³-hybridized carbons (Fsp3) is 0.472. The topological polar surface area (TPSA) is 120 Å². The van der Waals surface area contributed by atoms with E-state index >= 15 is 0 Å². The number of piperidine rings is 1. The summed E-state index contributed by atoms with van der Waals surface area (Å²) in [5, 5.41) is 9.28. The van der Waals surface area contributed by atoms with Crippen LogP contribution in [0.5, 0.6) is 0 Å². The van der Waals surface area contributed by atoms with E-state index in [1.807, 2.05) is 38.2 Å². The van der Waals surface area contributed by atoms with Crippen molar-refractivity contribution in [3.8, 4) is 28.7 Å². The van der Waals surface area contributed by atoms with E-state index in [1.165, 1.54) is 6.20 Å². The Labute approximate surface area is 283 Å². The van der Waals surface area contributed by atoms with Crippen LogP contribution in [0.1, 0.15) is 56.7 Å². The van der Waals surface area contributed by atoms with Gasteiger partial charge in [-0.05, 0) is 69.0 Å². The van der Waals surface area contributed by atoms with Crippen LogP contribution in [-0.2, 0) is 20.4 Å².